The Labute approximate surface area is 262 Å². The fourth-order valence-corrected chi connectivity index (χ4v) is 7.36. The Morgan fingerprint density at radius 2 is 0.844 bits per heavy atom. The highest BCUT2D eigenvalue weighted by Gasteiger charge is 2.36. The molecule has 0 aliphatic heterocycles. The summed E-state index contributed by atoms with van der Waals surface area (Å²) >= 11 is 0. The molecule has 8 aromatic rings. The average Bonchev–Trinajstić information content (AvgIpc) is 3.33. The molecule has 2 heteroatoms. The van der Waals surface area contributed by atoms with Crippen molar-refractivity contribution in [3.63, 3.8) is 0 Å². The van der Waals surface area contributed by atoms with Crippen LogP contribution in [0.25, 0.3) is 77.3 Å². The van der Waals surface area contributed by atoms with Crippen LogP contribution < -0.4 is 0 Å². The first kappa shape index (κ1) is 25.9. The van der Waals surface area contributed by atoms with E-state index >= 15 is 0 Å². The number of nitrogens with zero attached hydrogens (tertiary/aromatic N) is 2. The molecule has 0 amide bonds. The summed E-state index contributed by atoms with van der Waals surface area (Å²) in [5.41, 5.74) is 10.2. The van der Waals surface area contributed by atoms with Crippen LogP contribution in [0, 0.1) is 0 Å². The van der Waals surface area contributed by atoms with Gasteiger partial charge in [-0.25, -0.2) is 9.97 Å². The Kier molecular flexibility index (Phi) is 5.58. The monoisotopic (exact) mass is 574 g/mol. The fourth-order valence-electron chi connectivity index (χ4n) is 7.36. The quantitative estimate of drug-likeness (QED) is 0.196. The van der Waals surface area contributed by atoms with Gasteiger partial charge in [-0.2, -0.15) is 0 Å². The largest absolute Gasteiger partial charge is 0.228 e. The predicted octanol–water partition coefficient (Wildman–Crippen LogP) is 11.2. The van der Waals surface area contributed by atoms with E-state index in [4.69, 9.17) is 9.97 Å². The van der Waals surface area contributed by atoms with Crippen molar-refractivity contribution in [3.05, 3.63) is 157 Å². The second-order valence-electron chi connectivity index (χ2n) is 12.6. The van der Waals surface area contributed by atoms with Gasteiger partial charge in [0.2, 0.25) is 0 Å². The number of hydrogen-bond acceptors (Lipinski definition) is 2. The Morgan fingerprint density at radius 3 is 1.40 bits per heavy atom. The normalized spacial score (nSPS) is 13.3. The predicted molar refractivity (Wildman–Crippen MR) is 188 cm³/mol. The molecule has 9 rings (SSSR count). The maximum absolute atomic E-state index is 5.12. The molecule has 0 saturated carbocycles. The van der Waals surface area contributed by atoms with Gasteiger partial charge in [0.15, 0.2) is 5.82 Å². The summed E-state index contributed by atoms with van der Waals surface area (Å²) in [4.78, 5) is 10.2. The van der Waals surface area contributed by atoms with E-state index in [1.165, 1.54) is 54.6 Å². The van der Waals surface area contributed by atoms with Crippen LogP contribution in [-0.2, 0) is 5.41 Å². The molecule has 45 heavy (non-hydrogen) atoms. The van der Waals surface area contributed by atoms with E-state index in [9.17, 15) is 0 Å². The Balaban J connectivity index is 1.25. The van der Waals surface area contributed by atoms with Gasteiger partial charge in [-0.05, 0) is 78.8 Å². The Hall–Kier alpha value is -5.60. The third kappa shape index (κ3) is 3.96. The van der Waals surface area contributed by atoms with E-state index in [2.05, 4.69) is 147 Å². The number of hydrogen-bond donors (Lipinski definition) is 0. The summed E-state index contributed by atoms with van der Waals surface area (Å²) in [5, 5.41) is 7.84. The second kappa shape index (κ2) is 9.70. The summed E-state index contributed by atoms with van der Waals surface area (Å²) in [5.74, 6) is 0.743. The van der Waals surface area contributed by atoms with Gasteiger partial charge in [-0.15, -0.1) is 0 Å². The van der Waals surface area contributed by atoms with Crippen molar-refractivity contribution in [2.24, 2.45) is 0 Å². The smallest absolute Gasteiger partial charge is 0.160 e. The molecule has 0 saturated heterocycles. The minimum Gasteiger partial charge on any atom is -0.228 e. The average molecular weight is 575 g/mol. The molecule has 0 unspecified atom stereocenters. The van der Waals surface area contributed by atoms with E-state index in [0.29, 0.717) is 0 Å². The standard InChI is InChI=1S/C43H30N2/c1-43(2)38-23-29(42-44-40(27-13-5-3-6-14-27)26-41(45-42)28-15-7-4-8-16-28)21-22-34(38)37-24-35-32-19-11-9-17-30(32)31-18-10-12-20-33(31)36(35)25-39(37)43/h3-26H,1-2H3. The highest BCUT2D eigenvalue weighted by molar-refractivity contribution is 6.26. The van der Waals surface area contributed by atoms with Crippen LogP contribution in [0.3, 0.4) is 0 Å². The van der Waals surface area contributed by atoms with Crippen LogP contribution in [0.15, 0.2) is 146 Å². The number of aromatic nitrogens is 2. The minimum absolute atomic E-state index is 0.180. The third-order valence-corrected chi connectivity index (χ3v) is 9.66. The van der Waals surface area contributed by atoms with Crippen LogP contribution in [-0.4, -0.2) is 9.97 Å². The topological polar surface area (TPSA) is 25.8 Å². The lowest BCUT2D eigenvalue weighted by molar-refractivity contribution is 0.661. The molecule has 0 N–H and O–H groups in total. The molecular formula is C43H30N2. The molecular weight excluding hydrogens is 544 g/mol. The molecule has 7 aromatic carbocycles. The van der Waals surface area contributed by atoms with E-state index in [1.807, 2.05) is 12.1 Å². The van der Waals surface area contributed by atoms with Gasteiger partial charge in [0.25, 0.3) is 0 Å². The van der Waals surface area contributed by atoms with E-state index in [-0.39, 0.29) is 5.41 Å². The number of fused-ring (bicyclic) bond motifs is 9. The molecule has 1 aliphatic rings. The zero-order valence-electron chi connectivity index (χ0n) is 25.3. The summed E-state index contributed by atoms with van der Waals surface area (Å²) in [6.45, 7) is 4.71. The SMILES string of the molecule is CC1(C)c2cc(-c3nc(-c4ccccc4)cc(-c4ccccc4)n3)ccc2-c2cc3c4ccccc4c4ccccc4c3cc21. The molecule has 212 valence electrons. The number of benzene rings is 7. The molecule has 0 spiro atoms. The van der Waals surface area contributed by atoms with Crippen LogP contribution >= 0.6 is 0 Å². The van der Waals surface area contributed by atoms with E-state index in [0.717, 1.165) is 33.9 Å². The van der Waals surface area contributed by atoms with Gasteiger partial charge < -0.3 is 0 Å². The van der Waals surface area contributed by atoms with E-state index in [1.54, 1.807) is 0 Å². The van der Waals surface area contributed by atoms with Gasteiger partial charge in [0.1, 0.15) is 0 Å². The first-order valence-corrected chi connectivity index (χ1v) is 15.6. The highest BCUT2D eigenvalue weighted by Crippen LogP contribution is 2.52. The van der Waals surface area contributed by atoms with Crippen LogP contribution in [0.5, 0.6) is 0 Å². The zero-order valence-corrected chi connectivity index (χ0v) is 25.3. The Morgan fingerprint density at radius 1 is 0.378 bits per heavy atom. The lowest BCUT2D eigenvalue weighted by Gasteiger charge is -2.23. The lowest BCUT2D eigenvalue weighted by atomic mass is 9.80. The molecule has 0 radical (unpaired) electrons. The molecule has 1 aliphatic carbocycles. The van der Waals surface area contributed by atoms with Gasteiger partial charge in [0, 0.05) is 22.1 Å². The van der Waals surface area contributed by atoms with Crippen molar-refractivity contribution in [3.8, 4) is 45.0 Å². The van der Waals surface area contributed by atoms with Crippen molar-refractivity contribution in [2.45, 2.75) is 19.3 Å². The first-order chi connectivity index (χ1) is 22.1. The molecule has 0 fully saturated rings. The number of rotatable bonds is 3. The summed E-state index contributed by atoms with van der Waals surface area (Å²) in [6, 6.07) is 52.2. The summed E-state index contributed by atoms with van der Waals surface area (Å²) in [6.07, 6.45) is 0. The van der Waals surface area contributed by atoms with E-state index < -0.39 is 0 Å². The van der Waals surface area contributed by atoms with Gasteiger partial charge in [-0.3, -0.25) is 0 Å². The van der Waals surface area contributed by atoms with Crippen LogP contribution in [0.1, 0.15) is 25.0 Å². The van der Waals surface area contributed by atoms with Crippen molar-refractivity contribution in [1.29, 1.82) is 0 Å². The second-order valence-corrected chi connectivity index (χ2v) is 12.6. The van der Waals surface area contributed by atoms with Crippen molar-refractivity contribution in [2.75, 3.05) is 0 Å². The van der Waals surface area contributed by atoms with Crippen molar-refractivity contribution < 1.29 is 0 Å². The summed E-state index contributed by atoms with van der Waals surface area (Å²) in [7, 11) is 0. The van der Waals surface area contributed by atoms with Crippen molar-refractivity contribution >= 4 is 32.3 Å². The zero-order chi connectivity index (χ0) is 30.1. The van der Waals surface area contributed by atoms with Gasteiger partial charge >= 0.3 is 0 Å². The van der Waals surface area contributed by atoms with Gasteiger partial charge in [-0.1, -0.05) is 135 Å². The molecule has 1 heterocycles. The van der Waals surface area contributed by atoms with Crippen LogP contribution in [0.4, 0.5) is 0 Å². The molecule has 2 nitrogen and oxygen atoms in total. The molecule has 0 bridgehead atoms. The third-order valence-electron chi connectivity index (χ3n) is 9.66. The van der Waals surface area contributed by atoms with Gasteiger partial charge in [0.05, 0.1) is 11.4 Å². The Bertz CT molecular complexity index is 2380. The maximum atomic E-state index is 5.12. The lowest BCUT2D eigenvalue weighted by Crippen LogP contribution is -2.15. The maximum Gasteiger partial charge on any atom is 0.160 e. The van der Waals surface area contributed by atoms with Crippen LogP contribution in [0.2, 0.25) is 0 Å². The fraction of sp³-hybridized carbons (Fsp3) is 0.0698. The summed E-state index contributed by atoms with van der Waals surface area (Å²) < 4.78 is 0. The first-order valence-electron chi connectivity index (χ1n) is 15.6. The minimum atomic E-state index is -0.180. The molecule has 0 atom stereocenters. The highest BCUT2D eigenvalue weighted by atomic mass is 14.9. The molecule has 1 aromatic heterocycles. The van der Waals surface area contributed by atoms with Crippen molar-refractivity contribution in [1.82, 2.24) is 9.97 Å².